The van der Waals surface area contributed by atoms with Gasteiger partial charge >= 0.3 is 5.97 Å². The third-order valence-corrected chi connectivity index (χ3v) is 7.57. The molecule has 0 bridgehead atoms. The highest BCUT2D eigenvalue weighted by molar-refractivity contribution is 5.91. The smallest absolute Gasteiger partial charge is 0.343 e. The zero-order chi connectivity index (χ0) is 25.6. The zero-order valence-corrected chi connectivity index (χ0v) is 22.4. The molecule has 0 saturated heterocycles. The van der Waals surface area contributed by atoms with Gasteiger partial charge < -0.3 is 9.47 Å². The van der Waals surface area contributed by atoms with Gasteiger partial charge in [0.25, 0.3) is 0 Å². The summed E-state index contributed by atoms with van der Waals surface area (Å²) in [5, 5.41) is 0. The van der Waals surface area contributed by atoms with Crippen molar-refractivity contribution in [3.05, 3.63) is 59.4 Å². The van der Waals surface area contributed by atoms with Crippen molar-refractivity contribution in [2.75, 3.05) is 6.61 Å². The molecule has 0 aliphatic heterocycles. The lowest BCUT2D eigenvalue weighted by Crippen LogP contribution is -2.15. The lowest BCUT2D eigenvalue weighted by atomic mass is 9.78. The van der Waals surface area contributed by atoms with Crippen LogP contribution in [0.1, 0.15) is 113 Å². The minimum absolute atomic E-state index is 0.0328. The molecular weight excluding hydrogens is 451 g/mol. The summed E-state index contributed by atoms with van der Waals surface area (Å²) in [6.45, 7) is 5.11. The Labute approximate surface area is 217 Å². The van der Waals surface area contributed by atoms with Gasteiger partial charge in [-0.05, 0) is 79.5 Å². The standard InChI is InChI=1S/C32H45FO3/c1-3-5-7-10-25-13-15-26(16-14-25)12-9-23-35-29-20-18-28(19-21-29)32(34)36-31-22-17-27(24-30(31)33)11-8-6-4-2/h17-22,24-26H,3-16,23H2,1-2H3/t25-,26-. The van der Waals surface area contributed by atoms with Gasteiger partial charge in [0.1, 0.15) is 5.75 Å². The number of halogens is 1. The van der Waals surface area contributed by atoms with Crippen molar-refractivity contribution in [3.8, 4) is 11.5 Å². The summed E-state index contributed by atoms with van der Waals surface area (Å²) in [6, 6.07) is 11.8. The van der Waals surface area contributed by atoms with E-state index in [1.54, 1.807) is 30.3 Å². The molecule has 198 valence electrons. The predicted octanol–water partition coefficient (Wildman–Crippen LogP) is 9.32. The fourth-order valence-electron chi connectivity index (χ4n) is 5.26. The lowest BCUT2D eigenvalue weighted by molar-refractivity contribution is 0.0727. The summed E-state index contributed by atoms with van der Waals surface area (Å²) in [7, 11) is 0. The highest BCUT2D eigenvalue weighted by Gasteiger charge is 2.20. The van der Waals surface area contributed by atoms with Crippen LogP contribution in [-0.2, 0) is 6.42 Å². The van der Waals surface area contributed by atoms with Crippen molar-refractivity contribution in [2.24, 2.45) is 11.8 Å². The molecule has 1 fully saturated rings. The van der Waals surface area contributed by atoms with Crippen LogP contribution in [0.5, 0.6) is 11.5 Å². The van der Waals surface area contributed by atoms with Crippen LogP contribution < -0.4 is 9.47 Å². The van der Waals surface area contributed by atoms with E-state index in [1.807, 2.05) is 6.07 Å². The molecule has 2 aromatic carbocycles. The van der Waals surface area contributed by atoms with Crippen molar-refractivity contribution in [2.45, 2.75) is 104 Å². The second kappa shape index (κ2) is 15.7. The number of unbranched alkanes of at least 4 members (excludes halogenated alkanes) is 4. The molecular formula is C32H45FO3. The lowest BCUT2D eigenvalue weighted by Gasteiger charge is -2.28. The van der Waals surface area contributed by atoms with Gasteiger partial charge in [-0.1, -0.05) is 84.1 Å². The normalized spacial score (nSPS) is 17.6. The number of ether oxygens (including phenoxy) is 2. The average Bonchev–Trinajstić information content (AvgIpc) is 2.89. The quantitative estimate of drug-likeness (QED) is 0.140. The van der Waals surface area contributed by atoms with E-state index in [0.29, 0.717) is 12.2 Å². The van der Waals surface area contributed by atoms with E-state index in [1.165, 1.54) is 63.9 Å². The first-order valence-corrected chi connectivity index (χ1v) is 14.3. The molecule has 0 amide bonds. The Balaban J connectivity index is 1.35. The molecule has 1 aliphatic carbocycles. The van der Waals surface area contributed by atoms with E-state index >= 15 is 0 Å². The minimum atomic E-state index is -0.565. The minimum Gasteiger partial charge on any atom is -0.494 e. The van der Waals surface area contributed by atoms with Crippen LogP contribution in [0.4, 0.5) is 4.39 Å². The van der Waals surface area contributed by atoms with E-state index in [0.717, 1.165) is 55.3 Å². The van der Waals surface area contributed by atoms with Gasteiger partial charge in [0.2, 0.25) is 0 Å². The molecule has 0 atom stereocenters. The molecule has 0 radical (unpaired) electrons. The number of aryl methyl sites for hydroxylation is 1. The second-order valence-corrected chi connectivity index (χ2v) is 10.5. The van der Waals surface area contributed by atoms with Crippen LogP contribution in [0, 0.1) is 17.7 Å². The molecule has 3 nitrogen and oxygen atoms in total. The van der Waals surface area contributed by atoms with E-state index in [-0.39, 0.29) is 5.75 Å². The molecule has 3 rings (SSSR count). The molecule has 36 heavy (non-hydrogen) atoms. The van der Waals surface area contributed by atoms with E-state index in [4.69, 9.17) is 9.47 Å². The van der Waals surface area contributed by atoms with Gasteiger partial charge in [-0.2, -0.15) is 0 Å². The third kappa shape index (κ3) is 9.59. The van der Waals surface area contributed by atoms with Gasteiger partial charge in [0.15, 0.2) is 11.6 Å². The topological polar surface area (TPSA) is 35.5 Å². The van der Waals surface area contributed by atoms with Crippen LogP contribution >= 0.6 is 0 Å². The molecule has 0 spiro atoms. The van der Waals surface area contributed by atoms with E-state index in [9.17, 15) is 9.18 Å². The van der Waals surface area contributed by atoms with Crippen LogP contribution in [0.2, 0.25) is 0 Å². The first-order chi connectivity index (χ1) is 17.6. The van der Waals surface area contributed by atoms with Crippen LogP contribution in [0.25, 0.3) is 0 Å². The van der Waals surface area contributed by atoms with Crippen molar-refractivity contribution in [1.82, 2.24) is 0 Å². The number of hydrogen-bond donors (Lipinski definition) is 0. The Morgan fingerprint density at radius 1 is 0.833 bits per heavy atom. The first-order valence-electron chi connectivity index (χ1n) is 14.3. The highest BCUT2D eigenvalue weighted by atomic mass is 19.1. The van der Waals surface area contributed by atoms with Crippen LogP contribution in [0.15, 0.2) is 42.5 Å². The predicted molar refractivity (Wildman–Crippen MR) is 145 cm³/mol. The summed E-state index contributed by atoms with van der Waals surface area (Å²) in [5.41, 5.74) is 1.31. The van der Waals surface area contributed by atoms with Crippen molar-refractivity contribution < 1.29 is 18.7 Å². The number of carbonyl (C=O) groups excluding carboxylic acids is 1. The Kier molecular flexibility index (Phi) is 12.3. The summed E-state index contributed by atoms with van der Waals surface area (Å²) in [6.07, 6.45) is 17.5. The fourth-order valence-corrected chi connectivity index (χ4v) is 5.26. The van der Waals surface area contributed by atoms with Crippen molar-refractivity contribution in [3.63, 3.8) is 0 Å². The fraction of sp³-hybridized carbons (Fsp3) is 0.594. The molecule has 0 aromatic heterocycles. The molecule has 1 saturated carbocycles. The average molecular weight is 497 g/mol. The Hall–Kier alpha value is -2.36. The first kappa shape index (κ1) is 28.2. The maximum absolute atomic E-state index is 14.4. The van der Waals surface area contributed by atoms with Gasteiger partial charge in [-0.25, -0.2) is 9.18 Å². The number of rotatable bonds is 15. The van der Waals surface area contributed by atoms with E-state index in [2.05, 4.69) is 13.8 Å². The zero-order valence-electron chi connectivity index (χ0n) is 22.4. The van der Waals surface area contributed by atoms with Gasteiger partial charge in [0, 0.05) is 0 Å². The van der Waals surface area contributed by atoms with E-state index < -0.39 is 11.8 Å². The third-order valence-electron chi connectivity index (χ3n) is 7.57. The number of benzene rings is 2. The summed E-state index contributed by atoms with van der Waals surface area (Å²) in [4.78, 5) is 12.5. The molecule has 1 aliphatic rings. The molecule has 0 unspecified atom stereocenters. The van der Waals surface area contributed by atoms with Gasteiger partial charge in [-0.15, -0.1) is 0 Å². The van der Waals surface area contributed by atoms with Crippen LogP contribution in [-0.4, -0.2) is 12.6 Å². The second-order valence-electron chi connectivity index (χ2n) is 10.5. The summed E-state index contributed by atoms with van der Waals surface area (Å²) < 4.78 is 25.6. The van der Waals surface area contributed by atoms with Gasteiger partial charge in [0.05, 0.1) is 12.2 Å². The van der Waals surface area contributed by atoms with Crippen molar-refractivity contribution in [1.29, 1.82) is 0 Å². The summed E-state index contributed by atoms with van der Waals surface area (Å²) >= 11 is 0. The Morgan fingerprint density at radius 2 is 1.47 bits per heavy atom. The monoisotopic (exact) mass is 496 g/mol. The Morgan fingerprint density at radius 3 is 2.11 bits per heavy atom. The molecule has 2 aromatic rings. The SMILES string of the molecule is CCCCCc1ccc(OC(=O)c2ccc(OCCC[C@H]3CC[C@H](CCCCC)CC3)cc2)c(F)c1. The van der Waals surface area contributed by atoms with Crippen LogP contribution in [0.3, 0.4) is 0 Å². The van der Waals surface area contributed by atoms with Crippen molar-refractivity contribution >= 4 is 5.97 Å². The van der Waals surface area contributed by atoms with Gasteiger partial charge in [-0.3, -0.25) is 0 Å². The number of carbonyl (C=O) groups is 1. The summed E-state index contributed by atoms with van der Waals surface area (Å²) in [5.74, 6) is 1.45. The maximum Gasteiger partial charge on any atom is 0.343 e. The number of esters is 1. The molecule has 0 N–H and O–H groups in total. The molecule has 0 heterocycles. The molecule has 4 heteroatoms. The highest BCUT2D eigenvalue weighted by Crippen LogP contribution is 2.34. The number of hydrogen-bond acceptors (Lipinski definition) is 3. The maximum atomic E-state index is 14.4. The Bertz CT molecular complexity index is 900. The largest absolute Gasteiger partial charge is 0.494 e.